The van der Waals surface area contributed by atoms with Gasteiger partial charge in [0, 0.05) is 16.5 Å². The summed E-state index contributed by atoms with van der Waals surface area (Å²) in [6.45, 7) is 1.90. The van der Waals surface area contributed by atoms with Crippen LogP contribution in [0, 0.1) is 6.92 Å². The van der Waals surface area contributed by atoms with Crippen molar-refractivity contribution in [2.75, 3.05) is 12.4 Å². The quantitative estimate of drug-likeness (QED) is 0.711. The lowest BCUT2D eigenvalue weighted by Crippen LogP contribution is -2.12. The van der Waals surface area contributed by atoms with Gasteiger partial charge in [0.05, 0.1) is 17.8 Å². The molecule has 0 atom stereocenters. The van der Waals surface area contributed by atoms with E-state index in [0.29, 0.717) is 21.5 Å². The lowest BCUT2D eigenvalue weighted by atomic mass is 10.1. The van der Waals surface area contributed by atoms with Gasteiger partial charge in [-0.2, -0.15) is 0 Å². The number of amides is 1. The summed E-state index contributed by atoms with van der Waals surface area (Å²) in [6.07, 6.45) is 0. The Morgan fingerprint density at radius 3 is 2.75 bits per heavy atom. The van der Waals surface area contributed by atoms with E-state index < -0.39 is 0 Å². The molecule has 3 rings (SSSR count). The number of aromatic nitrogens is 1. The van der Waals surface area contributed by atoms with Gasteiger partial charge in [0.2, 0.25) is 0 Å². The van der Waals surface area contributed by atoms with E-state index in [4.69, 9.17) is 16.3 Å². The number of anilines is 1. The van der Waals surface area contributed by atoms with Gasteiger partial charge in [-0.1, -0.05) is 29.8 Å². The number of rotatable bonds is 4. The van der Waals surface area contributed by atoms with Crippen LogP contribution in [0.25, 0.3) is 11.3 Å². The number of carbonyl (C=O) groups is 1. The summed E-state index contributed by atoms with van der Waals surface area (Å²) >= 11 is 7.52. The first-order valence-electron chi connectivity index (χ1n) is 7.25. The predicted molar refractivity (Wildman–Crippen MR) is 98.2 cm³/mol. The number of nitrogens with zero attached hydrogens (tertiary/aromatic N) is 1. The normalized spacial score (nSPS) is 10.5. The van der Waals surface area contributed by atoms with Crippen LogP contribution in [0.15, 0.2) is 47.8 Å². The van der Waals surface area contributed by atoms with Crippen molar-refractivity contribution in [3.63, 3.8) is 0 Å². The molecule has 1 aromatic heterocycles. The van der Waals surface area contributed by atoms with Crippen molar-refractivity contribution in [3.8, 4) is 17.0 Å². The number of hydrogen-bond acceptors (Lipinski definition) is 4. The van der Waals surface area contributed by atoms with Gasteiger partial charge in [0.1, 0.15) is 5.75 Å². The molecule has 4 nitrogen and oxygen atoms in total. The van der Waals surface area contributed by atoms with E-state index in [1.165, 1.54) is 11.3 Å². The number of aryl methyl sites for hydroxylation is 1. The average molecular weight is 359 g/mol. The van der Waals surface area contributed by atoms with Crippen LogP contribution in [0.3, 0.4) is 0 Å². The molecular formula is C18H15ClN2O2S. The van der Waals surface area contributed by atoms with Crippen LogP contribution < -0.4 is 10.1 Å². The standard InChI is InChI=1S/C18H15ClN2O2S/c1-11-5-3-4-6-13(11)17(22)21-18-20-15(10-24-18)12-7-8-16(23-2)14(19)9-12/h3-10H,1-2H3,(H,20,21,22). The zero-order valence-corrected chi connectivity index (χ0v) is 14.7. The van der Waals surface area contributed by atoms with Crippen molar-refractivity contribution in [2.24, 2.45) is 0 Å². The third kappa shape index (κ3) is 3.42. The van der Waals surface area contributed by atoms with Crippen molar-refractivity contribution in [1.82, 2.24) is 4.98 Å². The van der Waals surface area contributed by atoms with Gasteiger partial charge in [-0.15, -0.1) is 11.3 Å². The maximum atomic E-state index is 12.3. The summed E-state index contributed by atoms with van der Waals surface area (Å²) < 4.78 is 5.15. The molecule has 2 aromatic carbocycles. The molecule has 0 radical (unpaired) electrons. The first-order valence-corrected chi connectivity index (χ1v) is 8.50. The highest BCUT2D eigenvalue weighted by molar-refractivity contribution is 7.14. The van der Waals surface area contributed by atoms with Crippen LogP contribution in [0.2, 0.25) is 5.02 Å². The third-order valence-corrected chi connectivity index (χ3v) is 4.61. The number of ether oxygens (including phenoxy) is 1. The van der Waals surface area contributed by atoms with E-state index in [1.54, 1.807) is 25.3 Å². The molecule has 24 heavy (non-hydrogen) atoms. The van der Waals surface area contributed by atoms with Gasteiger partial charge < -0.3 is 4.74 Å². The monoisotopic (exact) mass is 358 g/mol. The average Bonchev–Trinajstić information content (AvgIpc) is 3.03. The van der Waals surface area contributed by atoms with E-state index in [2.05, 4.69) is 10.3 Å². The van der Waals surface area contributed by atoms with Crippen molar-refractivity contribution in [3.05, 3.63) is 64.0 Å². The van der Waals surface area contributed by atoms with Gasteiger partial charge >= 0.3 is 0 Å². The molecule has 0 saturated heterocycles. The maximum Gasteiger partial charge on any atom is 0.257 e. The Hall–Kier alpha value is -2.37. The molecule has 0 unspecified atom stereocenters. The SMILES string of the molecule is COc1ccc(-c2csc(NC(=O)c3ccccc3C)n2)cc1Cl. The minimum absolute atomic E-state index is 0.165. The first kappa shape index (κ1) is 16.5. The molecule has 3 aromatic rings. The molecule has 122 valence electrons. The van der Waals surface area contributed by atoms with Crippen LogP contribution in [-0.2, 0) is 0 Å². The van der Waals surface area contributed by atoms with E-state index in [0.717, 1.165) is 16.8 Å². The highest BCUT2D eigenvalue weighted by Crippen LogP contribution is 2.31. The fourth-order valence-corrected chi connectivity index (χ4v) is 3.25. The molecule has 0 spiro atoms. The van der Waals surface area contributed by atoms with E-state index >= 15 is 0 Å². The van der Waals surface area contributed by atoms with Crippen LogP contribution in [0.1, 0.15) is 15.9 Å². The Bertz CT molecular complexity index is 892. The molecule has 0 bridgehead atoms. The molecular weight excluding hydrogens is 344 g/mol. The van der Waals surface area contributed by atoms with Gasteiger partial charge in [0.15, 0.2) is 5.13 Å². The summed E-state index contributed by atoms with van der Waals surface area (Å²) in [4.78, 5) is 16.8. The molecule has 1 N–H and O–H groups in total. The molecule has 1 heterocycles. The molecule has 0 aliphatic heterocycles. The Labute approximate surface area is 149 Å². The third-order valence-electron chi connectivity index (χ3n) is 3.56. The lowest BCUT2D eigenvalue weighted by molar-refractivity contribution is 0.102. The minimum Gasteiger partial charge on any atom is -0.495 e. The Kier molecular flexibility index (Phi) is 4.83. The second kappa shape index (κ2) is 7.03. The van der Waals surface area contributed by atoms with Crippen LogP contribution >= 0.6 is 22.9 Å². The van der Waals surface area contributed by atoms with Crippen LogP contribution in [-0.4, -0.2) is 18.0 Å². The zero-order chi connectivity index (χ0) is 17.1. The molecule has 1 amide bonds. The van der Waals surface area contributed by atoms with Gasteiger partial charge in [-0.25, -0.2) is 4.98 Å². The highest BCUT2D eigenvalue weighted by Gasteiger charge is 2.12. The van der Waals surface area contributed by atoms with Crippen LogP contribution in [0.4, 0.5) is 5.13 Å². The first-order chi connectivity index (χ1) is 11.6. The van der Waals surface area contributed by atoms with Crippen molar-refractivity contribution < 1.29 is 9.53 Å². The van der Waals surface area contributed by atoms with Crippen molar-refractivity contribution >= 4 is 34.0 Å². The smallest absolute Gasteiger partial charge is 0.257 e. The Balaban J connectivity index is 1.80. The second-order valence-electron chi connectivity index (χ2n) is 5.16. The van der Waals surface area contributed by atoms with Crippen molar-refractivity contribution in [1.29, 1.82) is 0 Å². The number of methoxy groups -OCH3 is 1. The summed E-state index contributed by atoms with van der Waals surface area (Å²) in [5, 5.41) is 5.79. The summed E-state index contributed by atoms with van der Waals surface area (Å²) in [6, 6.07) is 12.9. The van der Waals surface area contributed by atoms with E-state index in [1.807, 2.05) is 36.6 Å². The largest absolute Gasteiger partial charge is 0.495 e. The van der Waals surface area contributed by atoms with Crippen molar-refractivity contribution in [2.45, 2.75) is 6.92 Å². The lowest BCUT2D eigenvalue weighted by Gasteiger charge is -2.05. The Morgan fingerprint density at radius 1 is 1.25 bits per heavy atom. The van der Waals surface area contributed by atoms with E-state index in [9.17, 15) is 4.79 Å². The van der Waals surface area contributed by atoms with Crippen LogP contribution in [0.5, 0.6) is 5.75 Å². The second-order valence-corrected chi connectivity index (χ2v) is 6.42. The molecule has 0 aliphatic rings. The highest BCUT2D eigenvalue weighted by atomic mass is 35.5. The predicted octanol–water partition coefficient (Wildman–Crippen LogP) is 5.03. The Morgan fingerprint density at radius 2 is 2.04 bits per heavy atom. The molecule has 0 saturated carbocycles. The summed E-state index contributed by atoms with van der Waals surface area (Å²) in [7, 11) is 1.57. The number of halogens is 1. The summed E-state index contributed by atoms with van der Waals surface area (Å²) in [5.74, 6) is 0.450. The zero-order valence-electron chi connectivity index (χ0n) is 13.2. The number of benzene rings is 2. The van der Waals surface area contributed by atoms with Gasteiger partial charge in [0.25, 0.3) is 5.91 Å². The van der Waals surface area contributed by atoms with Gasteiger partial charge in [-0.05, 0) is 36.8 Å². The molecule has 0 aliphatic carbocycles. The van der Waals surface area contributed by atoms with E-state index in [-0.39, 0.29) is 5.91 Å². The minimum atomic E-state index is -0.165. The number of nitrogens with one attached hydrogen (secondary N) is 1. The topological polar surface area (TPSA) is 51.2 Å². The number of carbonyl (C=O) groups excluding carboxylic acids is 1. The fourth-order valence-electron chi connectivity index (χ4n) is 2.28. The fraction of sp³-hybridized carbons (Fsp3) is 0.111. The number of hydrogen-bond donors (Lipinski definition) is 1. The summed E-state index contributed by atoms with van der Waals surface area (Å²) in [5.41, 5.74) is 3.19. The molecule has 6 heteroatoms. The number of thiazole rings is 1. The van der Waals surface area contributed by atoms with Gasteiger partial charge in [-0.3, -0.25) is 10.1 Å². The maximum absolute atomic E-state index is 12.3. The molecule has 0 fully saturated rings.